The molecule has 25 heavy (non-hydrogen) atoms. The van der Waals surface area contributed by atoms with Gasteiger partial charge in [0.25, 0.3) is 5.91 Å². The molecule has 5 heteroatoms. The summed E-state index contributed by atoms with van der Waals surface area (Å²) in [7, 11) is 0. The fraction of sp³-hybridized carbons (Fsp3) is 0.500. The van der Waals surface area contributed by atoms with E-state index in [1.807, 2.05) is 30.5 Å². The van der Waals surface area contributed by atoms with Crippen LogP contribution in [0.15, 0.2) is 30.5 Å². The summed E-state index contributed by atoms with van der Waals surface area (Å²) in [5.74, 6) is -0.109. The van der Waals surface area contributed by atoms with Crippen molar-refractivity contribution in [3.05, 3.63) is 36.0 Å². The van der Waals surface area contributed by atoms with Gasteiger partial charge in [0.2, 0.25) is 0 Å². The highest BCUT2D eigenvalue weighted by Gasteiger charge is 2.26. The minimum atomic E-state index is -0.771. The molecule has 0 aliphatic heterocycles. The van der Waals surface area contributed by atoms with Crippen molar-refractivity contribution in [3.8, 4) is 0 Å². The van der Waals surface area contributed by atoms with Crippen molar-refractivity contribution in [2.75, 3.05) is 0 Å². The molecule has 1 aromatic heterocycles. The van der Waals surface area contributed by atoms with E-state index in [-0.39, 0.29) is 24.3 Å². The Labute approximate surface area is 148 Å². The van der Waals surface area contributed by atoms with Gasteiger partial charge in [0.1, 0.15) is 0 Å². The normalized spacial score (nSPS) is 21.7. The maximum Gasteiger partial charge on any atom is 0.311 e. The lowest BCUT2D eigenvalue weighted by molar-refractivity contribution is -0.154. The third kappa shape index (κ3) is 4.21. The molecular weight excluding hydrogens is 316 g/mol. The van der Waals surface area contributed by atoms with Crippen LogP contribution in [-0.4, -0.2) is 29.0 Å². The zero-order chi connectivity index (χ0) is 17.8. The molecule has 0 unspecified atom stereocenters. The number of ether oxygens (including phenoxy) is 1. The summed E-state index contributed by atoms with van der Waals surface area (Å²) < 4.78 is 5.35. The van der Waals surface area contributed by atoms with E-state index in [4.69, 9.17) is 4.74 Å². The van der Waals surface area contributed by atoms with E-state index in [0.29, 0.717) is 5.92 Å². The summed E-state index contributed by atoms with van der Waals surface area (Å²) in [6.45, 7) is 3.80. The smallest absolute Gasteiger partial charge is 0.311 e. The highest BCUT2D eigenvalue weighted by Crippen LogP contribution is 2.24. The van der Waals surface area contributed by atoms with E-state index in [2.05, 4.69) is 17.2 Å². The van der Waals surface area contributed by atoms with E-state index in [0.717, 1.165) is 35.7 Å². The van der Waals surface area contributed by atoms with Crippen molar-refractivity contribution >= 4 is 22.8 Å². The molecule has 0 saturated heterocycles. The molecule has 2 N–H and O–H groups in total. The van der Waals surface area contributed by atoms with Gasteiger partial charge in [-0.05, 0) is 37.3 Å². The zero-order valence-electron chi connectivity index (χ0n) is 14.9. The average Bonchev–Trinajstić information content (AvgIpc) is 3.00. The van der Waals surface area contributed by atoms with Crippen molar-refractivity contribution < 1.29 is 14.3 Å². The molecule has 1 amide bonds. The molecule has 1 fully saturated rings. The van der Waals surface area contributed by atoms with Crippen LogP contribution in [0.3, 0.4) is 0 Å². The Bertz CT molecular complexity index is 752. The molecule has 3 atom stereocenters. The first kappa shape index (κ1) is 17.5. The summed E-state index contributed by atoms with van der Waals surface area (Å²) >= 11 is 0. The van der Waals surface area contributed by atoms with Gasteiger partial charge in [-0.1, -0.05) is 38.0 Å². The Morgan fingerprint density at radius 3 is 2.84 bits per heavy atom. The number of benzene rings is 1. The number of hydrogen-bond acceptors (Lipinski definition) is 3. The first-order chi connectivity index (χ1) is 12.0. The maximum atomic E-state index is 12.3. The predicted molar refractivity (Wildman–Crippen MR) is 97.1 cm³/mol. The molecular formula is C20H26N2O3. The van der Waals surface area contributed by atoms with Crippen molar-refractivity contribution in [2.45, 2.75) is 58.1 Å². The third-order valence-corrected chi connectivity index (χ3v) is 5.13. The summed E-state index contributed by atoms with van der Waals surface area (Å²) in [4.78, 5) is 27.7. The van der Waals surface area contributed by atoms with Gasteiger partial charge in [-0.15, -0.1) is 0 Å². The van der Waals surface area contributed by atoms with E-state index in [1.165, 1.54) is 6.42 Å². The first-order valence-corrected chi connectivity index (χ1v) is 9.09. The van der Waals surface area contributed by atoms with E-state index in [1.54, 1.807) is 6.92 Å². The number of H-pyrrole nitrogens is 1. The van der Waals surface area contributed by atoms with Crippen LogP contribution in [0, 0.1) is 5.92 Å². The number of aromatic amines is 1. The summed E-state index contributed by atoms with van der Waals surface area (Å²) in [6.07, 6.45) is 5.71. The molecule has 0 bridgehead atoms. The summed E-state index contributed by atoms with van der Waals surface area (Å²) in [5, 5.41) is 4.05. The quantitative estimate of drug-likeness (QED) is 0.819. The van der Waals surface area contributed by atoms with Gasteiger partial charge in [0.05, 0.1) is 6.42 Å². The molecule has 2 aromatic rings. The van der Waals surface area contributed by atoms with Crippen LogP contribution in [0.2, 0.25) is 0 Å². The SMILES string of the molecule is C[C@H](OC(=O)Cc1c[nH]c2ccccc12)C(=O)N[C@H]1CCCC[C@@H]1C. The van der Waals surface area contributed by atoms with Crippen molar-refractivity contribution in [3.63, 3.8) is 0 Å². The number of rotatable bonds is 5. The van der Waals surface area contributed by atoms with Gasteiger partial charge in [0, 0.05) is 23.1 Å². The highest BCUT2D eigenvalue weighted by atomic mass is 16.5. The van der Waals surface area contributed by atoms with Crippen LogP contribution in [0.1, 0.15) is 45.1 Å². The predicted octanol–water partition coefficient (Wildman–Crippen LogP) is 3.34. The number of aromatic nitrogens is 1. The topological polar surface area (TPSA) is 71.2 Å². The van der Waals surface area contributed by atoms with Crippen molar-refractivity contribution in [1.29, 1.82) is 0 Å². The zero-order valence-corrected chi connectivity index (χ0v) is 14.9. The van der Waals surface area contributed by atoms with Gasteiger partial charge in [-0.25, -0.2) is 0 Å². The Morgan fingerprint density at radius 1 is 1.28 bits per heavy atom. The molecule has 0 radical (unpaired) electrons. The van der Waals surface area contributed by atoms with Crippen LogP contribution in [0.25, 0.3) is 10.9 Å². The fourth-order valence-electron chi connectivity index (χ4n) is 3.56. The van der Waals surface area contributed by atoms with Crippen LogP contribution in [0.4, 0.5) is 0 Å². The van der Waals surface area contributed by atoms with Gasteiger partial charge >= 0.3 is 5.97 Å². The van der Waals surface area contributed by atoms with E-state index in [9.17, 15) is 9.59 Å². The molecule has 1 aliphatic rings. The van der Waals surface area contributed by atoms with Crippen molar-refractivity contribution in [1.82, 2.24) is 10.3 Å². The fourth-order valence-corrected chi connectivity index (χ4v) is 3.56. The summed E-state index contributed by atoms with van der Waals surface area (Å²) in [5.41, 5.74) is 1.87. The number of carbonyl (C=O) groups is 2. The standard InChI is InChI=1S/C20H26N2O3/c1-13-7-3-5-9-17(13)22-20(24)14(2)25-19(23)11-15-12-21-18-10-6-4-8-16(15)18/h4,6,8,10,12-14,17,21H,3,5,7,9,11H2,1-2H3,(H,22,24)/t13-,14-,17-/m0/s1. The molecule has 1 aliphatic carbocycles. The average molecular weight is 342 g/mol. The van der Waals surface area contributed by atoms with Gasteiger partial charge in [-0.2, -0.15) is 0 Å². The molecule has 134 valence electrons. The number of nitrogens with one attached hydrogen (secondary N) is 2. The summed E-state index contributed by atoms with van der Waals surface area (Å²) in [6, 6.07) is 8.00. The van der Waals surface area contributed by atoms with Gasteiger partial charge in [-0.3, -0.25) is 9.59 Å². The highest BCUT2D eigenvalue weighted by molar-refractivity contribution is 5.88. The number of para-hydroxylation sites is 1. The Kier molecular flexibility index (Phi) is 5.41. The molecule has 1 aromatic carbocycles. The van der Waals surface area contributed by atoms with Gasteiger partial charge < -0.3 is 15.0 Å². The van der Waals surface area contributed by atoms with Crippen LogP contribution >= 0.6 is 0 Å². The van der Waals surface area contributed by atoms with E-state index >= 15 is 0 Å². The lowest BCUT2D eigenvalue weighted by Crippen LogP contribution is -2.46. The third-order valence-electron chi connectivity index (χ3n) is 5.13. The number of hydrogen-bond donors (Lipinski definition) is 2. The molecule has 1 saturated carbocycles. The number of amides is 1. The molecule has 0 spiro atoms. The monoisotopic (exact) mass is 342 g/mol. The molecule has 1 heterocycles. The van der Waals surface area contributed by atoms with E-state index < -0.39 is 6.10 Å². The van der Waals surface area contributed by atoms with Crippen molar-refractivity contribution in [2.24, 2.45) is 5.92 Å². The Hall–Kier alpha value is -2.30. The second kappa shape index (κ2) is 7.72. The lowest BCUT2D eigenvalue weighted by Gasteiger charge is -2.30. The lowest BCUT2D eigenvalue weighted by atomic mass is 9.86. The number of fused-ring (bicyclic) bond motifs is 1. The van der Waals surface area contributed by atoms with Crippen LogP contribution in [-0.2, 0) is 20.7 Å². The second-order valence-corrected chi connectivity index (χ2v) is 7.05. The number of esters is 1. The second-order valence-electron chi connectivity index (χ2n) is 7.05. The Morgan fingerprint density at radius 2 is 2.04 bits per heavy atom. The maximum absolute atomic E-state index is 12.3. The largest absolute Gasteiger partial charge is 0.452 e. The van der Waals surface area contributed by atoms with Crippen LogP contribution in [0.5, 0.6) is 0 Å². The number of carbonyl (C=O) groups excluding carboxylic acids is 2. The first-order valence-electron chi connectivity index (χ1n) is 9.09. The molecule has 3 rings (SSSR count). The Balaban J connectivity index is 1.54. The minimum Gasteiger partial charge on any atom is -0.452 e. The minimum absolute atomic E-state index is 0.154. The van der Waals surface area contributed by atoms with Crippen LogP contribution < -0.4 is 5.32 Å². The molecule has 5 nitrogen and oxygen atoms in total. The van der Waals surface area contributed by atoms with Gasteiger partial charge in [0.15, 0.2) is 6.10 Å².